The summed E-state index contributed by atoms with van der Waals surface area (Å²) in [6, 6.07) is 17.0. The molecule has 1 aromatic heterocycles. The van der Waals surface area contributed by atoms with Crippen molar-refractivity contribution in [3.05, 3.63) is 99.3 Å². The molecule has 0 bridgehead atoms. The molecule has 0 saturated heterocycles. The smallest absolute Gasteiger partial charge is 0.267 e. The van der Waals surface area contributed by atoms with Crippen molar-refractivity contribution in [3.63, 3.8) is 0 Å². The summed E-state index contributed by atoms with van der Waals surface area (Å²) < 4.78 is 13.2. The third kappa shape index (κ3) is 3.76. The Balaban J connectivity index is 1.37. The third-order valence-corrected chi connectivity index (χ3v) is 6.84. The van der Waals surface area contributed by atoms with Crippen molar-refractivity contribution in [1.82, 2.24) is 4.98 Å². The number of benzene rings is 3. The van der Waals surface area contributed by atoms with Gasteiger partial charge in [0.15, 0.2) is 0 Å². The van der Waals surface area contributed by atoms with Crippen LogP contribution in [0.3, 0.4) is 0 Å². The number of hydrogen-bond donors (Lipinski definition) is 1. The maximum Gasteiger partial charge on any atom is 0.267 e. The predicted molar refractivity (Wildman–Crippen MR) is 129 cm³/mol. The summed E-state index contributed by atoms with van der Waals surface area (Å²) in [7, 11) is 0. The lowest BCUT2D eigenvalue weighted by Gasteiger charge is -2.16. The van der Waals surface area contributed by atoms with E-state index in [4.69, 9.17) is 11.6 Å². The SMILES string of the molecule is Cc1nc(-c2ccc(F)cc2)sc1C(=O)Nc1ccc(N2C(=O)c3ccccc3C2=O)c(Cl)c1. The molecule has 6 nitrogen and oxygen atoms in total. The highest BCUT2D eigenvalue weighted by molar-refractivity contribution is 7.17. The Kier molecular flexibility index (Phi) is 5.47. The molecule has 4 aromatic rings. The molecule has 1 aliphatic heterocycles. The zero-order valence-corrected chi connectivity index (χ0v) is 19.2. The van der Waals surface area contributed by atoms with Gasteiger partial charge in [-0.2, -0.15) is 0 Å². The number of hydrogen-bond acceptors (Lipinski definition) is 5. The second-order valence-electron chi connectivity index (χ2n) is 7.55. The van der Waals surface area contributed by atoms with Gasteiger partial charge in [-0.25, -0.2) is 14.3 Å². The molecule has 0 saturated carbocycles. The minimum absolute atomic E-state index is 0.139. The van der Waals surface area contributed by atoms with Crippen LogP contribution in [0.25, 0.3) is 10.6 Å². The second-order valence-corrected chi connectivity index (χ2v) is 8.96. The van der Waals surface area contributed by atoms with Gasteiger partial charge in [-0.05, 0) is 61.5 Å². The lowest BCUT2D eigenvalue weighted by Crippen LogP contribution is -2.29. The Hall–Kier alpha value is -3.88. The Bertz CT molecular complexity index is 1450. The van der Waals surface area contributed by atoms with Crippen LogP contribution in [0.5, 0.6) is 0 Å². The fraction of sp³-hybridized carbons (Fsp3) is 0.0400. The number of fused-ring (bicyclic) bond motifs is 1. The molecule has 2 heterocycles. The Morgan fingerprint density at radius 3 is 2.26 bits per heavy atom. The number of imide groups is 1. The number of anilines is 2. The zero-order valence-electron chi connectivity index (χ0n) is 17.6. The van der Waals surface area contributed by atoms with Crippen LogP contribution in [-0.2, 0) is 0 Å². The molecule has 0 fully saturated rings. The maximum atomic E-state index is 13.2. The highest BCUT2D eigenvalue weighted by Crippen LogP contribution is 2.35. The van der Waals surface area contributed by atoms with Gasteiger partial charge in [0.25, 0.3) is 17.7 Å². The number of aryl methyl sites for hydroxylation is 1. The number of thiazole rings is 1. The summed E-state index contributed by atoms with van der Waals surface area (Å²) in [5.41, 5.74) is 2.51. The van der Waals surface area contributed by atoms with Gasteiger partial charge >= 0.3 is 0 Å². The number of rotatable bonds is 4. The minimum Gasteiger partial charge on any atom is -0.321 e. The Morgan fingerprint density at radius 2 is 1.65 bits per heavy atom. The summed E-state index contributed by atoms with van der Waals surface area (Å²) >= 11 is 7.59. The van der Waals surface area contributed by atoms with Gasteiger partial charge in [-0.1, -0.05) is 23.7 Å². The molecule has 9 heteroatoms. The molecular weight excluding hydrogens is 477 g/mol. The van der Waals surface area contributed by atoms with Crippen molar-refractivity contribution >= 4 is 52.0 Å². The van der Waals surface area contributed by atoms with Crippen LogP contribution in [0, 0.1) is 12.7 Å². The average molecular weight is 492 g/mol. The number of halogens is 2. The van der Waals surface area contributed by atoms with E-state index in [-0.39, 0.29) is 22.4 Å². The molecule has 0 radical (unpaired) electrons. The van der Waals surface area contributed by atoms with Crippen LogP contribution in [0.2, 0.25) is 5.02 Å². The number of carbonyl (C=O) groups excluding carboxylic acids is 3. The Labute approximate surface area is 202 Å². The number of nitrogens with zero attached hydrogens (tertiary/aromatic N) is 2. The summed E-state index contributed by atoms with van der Waals surface area (Å²) in [4.78, 5) is 44.2. The highest BCUT2D eigenvalue weighted by Gasteiger charge is 2.37. The fourth-order valence-electron chi connectivity index (χ4n) is 3.68. The summed E-state index contributed by atoms with van der Waals surface area (Å²) in [5.74, 6) is -1.63. The van der Waals surface area contributed by atoms with E-state index in [0.717, 1.165) is 4.90 Å². The van der Waals surface area contributed by atoms with Crippen LogP contribution in [0.15, 0.2) is 66.7 Å². The molecular formula is C25H15ClFN3O3S. The number of carbonyl (C=O) groups is 3. The first-order valence-electron chi connectivity index (χ1n) is 10.2. The van der Waals surface area contributed by atoms with Gasteiger partial charge in [-0.3, -0.25) is 14.4 Å². The van der Waals surface area contributed by atoms with Crippen molar-refractivity contribution in [2.24, 2.45) is 0 Å². The summed E-state index contributed by atoms with van der Waals surface area (Å²) in [5, 5.41) is 3.51. The lowest BCUT2D eigenvalue weighted by molar-refractivity contribution is 0.0924. The monoisotopic (exact) mass is 491 g/mol. The van der Waals surface area contributed by atoms with E-state index >= 15 is 0 Å². The molecule has 168 valence electrons. The van der Waals surface area contributed by atoms with Gasteiger partial charge in [0.1, 0.15) is 15.7 Å². The fourth-order valence-corrected chi connectivity index (χ4v) is 4.92. The van der Waals surface area contributed by atoms with Crippen molar-refractivity contribution in [3.8, 4) is 10.6 Å². The van der Waals surface area contributed by atoms with E-state index in [9.17, 15) is 18.8 Å². The van der Waals surface area contributed by atoms with Crippen molar-refractivity contribution < 1.29 is 18.8 Å². The van der Waals surface area contributed by atoms with Gasteiger partial charge in [-0.15, -0.1) is 11.3 Å². The van der Waals surface area contributed by atoms with Gasteiger partial charge < -0.3 is 5.32 Å². The maximum absolute atomic E-state index is 13.2. The second kappa shape index (κ2) is 8.48. The van der Waals surface area contributed by atoms with E-state index in [2.05, 4.69) is 10.3 Å². The number of nitrogens with one attached hydrogen (secondary N) is 1. The molecule has 0 spiro atoms. The highest BCUT2D eigenvalue weighted by atomic mass is 35.5. The van der Waals surface area contributed by atoms with Crippen molar-refractivity contribution in [2.75, 3.05) is 10.2 Å². The normalized spacial score (nSPS) is 12.7. The first kappa shape index (κ1) is 21.9. The van der Waals surface area contributed by atoms with E-state index in [1.54, 1.807) is 49.4 Å². The average Bonchev–Trinajstić information content (AvgIpc) is 3.33. The molecule has 34 heavy (non-hydrogen) atoms. The van der Waals surface area contributed by atoms with E-state index in [1.807, 2.05) is 0 Å². The van der Waals surface area contributed by atoms with Crippen molar-refractivity contribution in [1.29, 1.82) is 0 Å². The first-order chi connectivity index (χ1) is 16.3. The van der Waals surface area contributed by atoms with Crippen molar-refractivity contribution in [2.45, 2.75) is 6.92 Å². The molecule has 5 rings (SSSR count). The molecule has 0 aliphatic carbocycles. The first-order valence-corrected chi connectivity index (χ1v) is 11.3. The van der Waals surface area contributed by atoms with Crippen LogP contribution < -0.4 is 10.2 Å². The zero-order chi connectivity index (χ0) is 24.0. The van der Waals surface area contributed by atoms with Gasteiger partial charge in [0.2, 0.25) is 0 Å². The topological polar surface area (TPSA) is 79.4 Å². The van der Waals surface area contributed by atoms with Crippen LogP contribution in [0.4, 0.5) is 15.8 Å². The number of amides is 3. The van der Waals surface area contributed by atoms with Crippen LogP contribution in [-0.4, -0.2) is 22.7 Å². The van der Waals surface area contributed by atoms with E-state index in [1.165, 1.54) is 35.6 Å². The summed E-state index contributed by atoms with van der Waals surface area (Å²) in [6.07, 6.45) is 0. The quantitative estimate of drug-likeness (QED) is 0.357. The van der Waals surface area contributed by atoms with Crippen LogP contribution in [0.1, 0.15) is 36.1 Å². The van der Waals surface area contributed by atoms with Gasteiger partial charge in [0.05, 0.1) is 27.5 Å². The van der Waals surface area contributed by atoms with Crippen LogP contribution >= 0.6 is 22.9 Å². The summed E-state index contributed by atoms with van der Waals surface area (Å²) in [6.45, 7) is 1.72. The molecule has 3 aromatic carbocycles. The predicted octanol–water partition coefficient (Wildman–Crippen LogP) is 5.96. The molecule has 3 amide bonds. The molecule has 1 aliphatic rings. The largest absolute Gasteiger partial charge is 0.321 e. The molecule has 1 N–H and O–H groups in total. The van der Waals surface area contributed by atoms with E-state index < -0.39 is 11.8 Å². The molecule has 0 atom stereocenters. The Morgan fingerprint density at radius 1 is 1.00 bits per heavy atom. The lowest BCUT2D eigenvalue weighted by atomic mass is 10.1. The molecule has 0 unspecified atom stereocenters. The van der Waals surface area contributed by atoms with Gasteiger partial charge in [0, 0.05) is 11.3 Å². The number of aromatic nitrogens is 1. The third-order valence-electron chi connectivity index (χ3n) is 5.33. The van der Waals surface area contributed by atoms with E-state index in [0.29, 0.717) is 38.0 Å². The standard InChI is InChI=1S/C25H15ClFN3O3S/c1-13-21(34-23(28-13)14-6-8-15(27)9-7-14)22(31)29-16-10-11-20(19(26)12-16)30-24(32)17-4-2-3-5-18(17)25(30)33/h2-12H,1H3,(H,29,31). The minimum atomic E-state index is -0.451.